The molecule has 0 spiro atoms. The number of carbonyl (C=O) groups is 1. The second kappa shape index (κ2) is 6.09. The molecule has 0 unspecified atom stereocenters. The highest BCUT2D eigenvalue weighted by Gasteiger charge is 2.16. The van der Waals surface area contributed by atoms with Crippen molar-refractivity contribution in [1.29, 1.82) is 0 Å². The normalized spacial score (nSPS) is 13.2. The molecule has 1 N–H and O–H groups in total. The SMILES string of the molecule is CC(C)NC(=O)[C@@H](C)Oc1ccc(C(C)(C)C)cc1. The molecule has 0 radical (unpaired) electrons. The Labute approximate surface area is 116 Å². The number of nitrogens with one attached hydrogen (secondary N) is 1. The molecule has 1 atom stereocenters. The maximum Gasteiger partial charge on any atom is 0.260 e. The molecule has 1 rings (SSSR count). The van der Waals surface area contributed by atoms with Gasteiger partial charge >= 0.3 is 0 Å². The average Bonchev–Trinajstić information content (AvgIpc) is 2.27. The van der Waals surface area contributed by atoms with E-state index in [1.165, 1.54) is 5.56 Å². The number of rotatable bonds is 4. The second-order valence-electron chi connectivity index (χ2n) is 6.20. The molecule has 1 aromatic rings. The van der Waals surface area contributed by atoms with Crippen LogP contribution in [0.25, 0.3) is 0 Å². The molecule has 3 nitrogen and oxygen atoms in total. The number of amides is 1. The first kappa shape index (κ1) is 15.5. The van der Waals surface area contributed by atoms with Crippen LogP contribution >= 0.6 is 0 Å². The van der Waals surface area contributed by atoms with Gasteiger partial charge in [0.1, 0.15) is 5.75 Å². The first-order chi connectivity index (χ1) is 8.70. The van der Waals surface area contributed by atoms with Crippen LogP contribution in [0, 0.1) is 0 Å². The summed E-state index contributed by atoms with van der Waals surface area (Å²) in [5.41, 5.74) is 1.37. The average molecular weight is 263 g/mol. The smallest absolute Gasteiger partial charge is 0.260 e. The minimum atomic E-state index is -0.483. The molecule has 0 aromatic heterocycles. The van der Waals surface area contributed by atoms with Gasteiger partial charge in [-0.05, 0) is 43.9 Å². The van der Waals surface area contributed by atoms with Gasteiger partial charge in [-0.25, -0.2) is 0 Å². The van der Waals surface area contributed by atoms with Crippen molar-refractivity contribution in [2.75, 3.05) is 0 Å². The number of hydrogen-bond acceptors (Lipinski definition) is 2. The predicted molar refractivity (Wildman–Crippen MR) is 78.5 cm³/mol. The number of carbonyl (C=O) groups excluding carboxylic acids is 1. The zero-order valence-corrected chi connectivity index (χ0v) is 12.8. The summed E-state index contributed by atoms with van der Waals surface area (Å²) in [6.45, 7) is 12.1. The zero-order valence-electron chi connectivity index (χ0n) is 12.8. The van der Waals surface area contributed by atoms with Gasteiger partial charge in [0, 0.05) is 6.04 Å². The summed E-state index contributed by atoms with van der Waals surface area (Å²) in [6.07, 6.45) is -0.483. The van der Waals surface area contributed by atoms with E-state index in [1.54, 1.807) is 6.92 Å². The molecule has 0 fully saturated rings. The van der Waals surface area contributed by atoms with Crippen molar-refractivity contribution in [3.8, 4) is 5.75 Å². The van der Waals surface area contributed by atoms with Crippen LogP contribution in [0.5, 0.6) is 5.75 Å². The number of ether oxygens (including phenoxy) is 1. The summed E-state index contributed by atoms with van der Waals surface area (Å²) in [5, 5.41) is 2.83. The Morgan fingerprint density at radius 3 is 2.05 bits per heavy atom. The fourth-order valence-electron chi connectivity index (χ4n) is 1.69. The van der Waals surface area contributed by atoms with Gasteiger partial charge < -0.3 is 10.1 Å². The Morgan fingerprint density at radius 2 is 1.63 bits per heavy atom. The van der Waals surface area contributed by atoms with Gasteiger partial charge in [-0.1, -0.05) is 32.9 Å². The molecule has 0 saturated heterocycles. The van der Waals surface area contributed by atoms with E-state index in [0.717, 1.165) is 5.75 Å². The fourth-order valence-corrected chi connectivity index (χ4v) is 1.69. The Kier molecular flexibility index (Phi) is 4.98. The molecule has 0 aliphatic heterocycles. The number of benzene rings is 1. The zero-order chi connectivity index (χ0) is 14.6. The van der Waals surface area contributed by atoms with Crippen molar-refractivity contribution in [3.63, 3.8) is 0 Å². The lowest BCUT2D eigenvalue weighted by atomic mass is 9.87. The maximum atomic E-state index is 11.7. The maximum absolute atomic E-state index is 11.7. The minimum absolute atomic E-state index is 0.0881. The molecule has 19 heavy (non-hydrogen) atoms. The fraction of sp³-hybridized carbons (Fsp3) is 0.562. The molecule has 3 heteroatoms. The van der Waals surface area contributed by atoms with Gasteiger partial charge in [0.25, 0.3) is 5.91 Å². The molecule has 0 aliphatic carbocycles. The van der Waals surface area contributed by atoms with Crippen LogP contribution in [0.2, 0.25) is 0 Å². The van der Waals surface area contributed by atoms with Gasteiger partial charge in [0.15, 0.2) is 6.10 Å². The molecule has 0 aliphatic rings. The molecule has 0 heterocycles. The van der Waals surface area contributed by atoms with E-state index >= 15 is 0 Å². The van der Waals surface area contributed by atoms with Crippen molar-refractivity contribution in [2.45, 2.75) is 59.1 Å². The third-order valence-corrected chi connectivity index (χ3v) is 2.83. The van der Waals surface area contributed by atoms with E-state index in [1.807, 2.05) is 38.1 Å². The van der Waals surface area contributed by atoms with E-state index in [4.69, 9.17) is 4.74 Å². The summed E-state index contributed by atoms with van der Waals surface area (Å²) >= 11 is 0. The lowest BCUT2D eigenvalue weighted by molar-refractivity contribution is -0.127. The summed E-state index contributed by atoms with van der Waals surface area (Å²) in [6, 6.07) is 8.05. The van der Waals surface area contributed by atoms with Gasteiger partial charge in [0.05, 0.1) is 0 Å². The minimum Gasteiger partial charge on any atom is -0.481 e. The third kappa shape index (κ3) is 4.93. The van der Waals surface area contributed by atoms with Crippen molar-refractivity contribution in [2.24, 2.45) is 0 Å². The van der Waals surface area contributed by atoms with E-state index in [0.29, 0.717) is 0 Å². The van der Waals surface area contributed by atoms with Crippen LogP contribution in [0.4, 0.5) is 0 Å². The lowest BCUT2D eigenvalue weighted by Crippen LogP contribution is -2.40. The topological polar surface area (TPSA) is 38.3 Å². The van der Waals surface area contributed by atoms with Crippen molar-refractivity contribution < 1.29 is 9.53 Å². The first-order valence-electron chi connectivity index (χ1n) is 6.77. The van der Waals surface area contributed by atoms with Crippen molar-refractivity contribution in [3.05, 3.63) is 29.8 Å². The van der Waals surface area contributed by atoms with Crippen LogP contribution < -0.4 is 10.1 Å². The summed E-state index contributed by atoms with van der Waals surface area (Å²) in [7, 11) is 0. The van der Waals surface area contributed by atoms with E-state index in [9.17, 15) is 4.79 Å². The predicted octanol–water partition coefficient (Wildman–Crippen LogP) is 3.28. The molecule has 1 aromatic carbocycles. The molecule has 0 saturated carbocycles. The highest BCUT2D eigenvalue weighted by molar-refractivity contribution is 5.80. The molecule has 0 bridgehead atoms. The Bertz CT molecular complexity index is 415. The highest BCUT2D eigenvalue weighted by Crippen LogP contribution is 2.24. The molecule has 1 amide bonds. The van der Waals surface area contributed by atoms with Gasteiger partial charge in [0.2, 0.25) is 0 Å². The Hall–Kier alpha value is -1.51. The molecular weight excluding hydrogens is 238 g/mol. The Balaban J connectivity index is 2.65. The summed E-state index contributed by atoms with van der Waals surface area (Å²) < 4.78 is 5.63. The van der Waals surface area contributed by atoms with Crippen LogP contribution in [0.3, 0.4) is 0 Å². The summed E-state index contributed by atoms with van der Waals surface area (Å²) in [4.78, 5) is 11.7. The largest absolute Gasteiger partial charge is 0.481 e. The van der Waals surface area contributed by atoms with E-state index in [2.05, 4.69) is 26.1 Å². The van der Waals surface area contributed by atoms with E-state index < -0.39 is 6.10 Å². The van der Waals surface area contributed by atoms with Crippen LogP contribution in [-0.4, -0.2) is 18.1 Å². The Morgan fingerprint density at radius 1 is 1.11 bits per heavy atom. The van der Waals surface area contributed by atoms with Crippen LogP contribution in [0.15, 0.2) is 24.3 Å². The highest BCUT2D eigenvalue weighted by atomic mass is 16.5. The van der Waals surface area contributed by atoms with Gasteiger partial charge in [-0.2, -0.15) is 0 Å². The van der Waals surface area contributed by atoms with Gasteiger partial charge in [-0.3, -0.25) is 4.79 Å². The number of hydrogen-bond donors (Lipinski definition) is 1. The molecular formula is C16H25NO2. The lowest BCUT2D eigenvalue weighted by Gasteiger charge is -2.20. The quantitative estimate of drug-likeness (QED) is 0.905. The van der Waals surface area contributed by atoms with Crippen molar-refractivity contribution in [1.82, 2.24) is 5.32 Å². The monoisotopic (exact) mass is 263 g/mol. The second-order valence-corrected chi connectivity index (χ2v) is 6.20. The van der Waals surface area contributed by atoms with E-state index in [-0.39, 0.29) is 17.4 Å². The summed E-state index contributed by atoms with van der Waals surface area (Å²) in [5.74, 6) is 0.634. The van der Waals surface area contributed by atoms with Gasteiger partial charge in [-0.15, -0.1) is 0 Å². The third-order valence-electron chi connectivity index (χ3n) is 2.83. The standard InChI is InChI=1S/C16H25NO2/c1-11(2)17-15(18)12(3)19-14-9-7-13(8-10-14)16(4,5)6/h7-12H,1-6H3,(H,17,18)/t12-/m1/s1. The van der Waals surface area contributed by atoms with Crippen LogP contribution in [-0.2, 0) is 10.2 Å². The van der Waals surface area contributed by atoms with Crippen LogP contribution in [0.1, 0.15) is 47.1 Å². The van der Waals surface area contributed by atoms with Crippen molar-refractivity contribution >= 4 is 5.91 Å². The molecule has 106 valence electrons. The first-order valence-corrected chi connectivity index (χ1v) is 6.77.